The highest BCUT2D eigenvalue weighted by molar-refractivity contribution is 7.80. The summed E-state index contributed by atoms with van der Waals surface area (Å²) in [5.41, 5.74) is 3.03. The van der Waals surface area contributed by atoms with Crippen LogP contribution >= 0.6 is 12.6 Å². The molecule has 7 nitrogen and oxygen atoms in total. The summed E-state index contributed by atoms with van der Waals surface area (Å²) >= 11 is 4.06. The van der Waals surface area contributed by atoms with Crippen molar-refractivity contribution in [2.75, 3.05) is 23.9 Å². The number of fused-ring (bicyclic) bond motifs is 1. The van der Waals surface area contributed by atoms with E-state index in [9.17, 15) is 14.7 Å². The Morgan fingerprint density at radius 1 is 1.32 bits per heavy atom. The van der Waals surface area contributed by atoms with Gasteiger partial charge in [-0.05, 0) is 43.0 Å². The molecule has 2 N–H and O–H groups in total. The van der Waals surface area contributed by atoms with E-state index in [1.165, 1.54) is 0 Å². The predicted molar refractivity (Wildman–Crippen MR) is 110 cm³/mol. The summed E-state index contributed by atoms with van der Waals surface area (Å²) < 4.78 is 5.49. The van der Waals surface area contributed by atoms with Gasteiger partial charge in [-0.2, -0.15) is 12.6 Å². The zero-order valence-electron chi connectivity index (χ0n) is 15.6. The van der Waals surface area contributed by atoms with Crippen LogP contribution in [0.25, 0.3) is 11.3 Å². The summed E-state index contributed by atoms with van der Waals surface area (Å²) in [6, 6.07) is 8.92. The molecule has 0 bridgehead atoms. The van der Waals surface area contributed by atoms with Gasteiger partial charge >= 0.3 is 12.0 Å². The maximum Gasteiger partial charge on any atom is 0.358 e. The van der Waals surface area contributed by atoms with Gasteiger partial charge in [0, 0.05) is 17.8 Å². The fourth-order valence-electron chi connectivity index (χ4n) is 3.20. The first-order valence-corrected chi connectivity index (χ1v) is 9.85. The Kier molecular flexibility index (Phi) is 6.41. The van der Waals surface area contributed by atoms with Crippen LogP contribution in [0.4, 0.5) is 10.5 Å². The molecule has 148 valence electrons. The second kappa shape index (κ2) is 8.97. The number of hydrogen-bond acceptors (Lipinski definition) is 5. The summed E-state index contributed by atoms with van der Waals surface area (Å²) in [4.78, 5) is 29.9. The van der Waals surface area contributed by atoms with Gasteiger partial charge in [-0.25, -0.2) is 14.6 Å². The van der Waals surface area contributed by atoms with Gasteiger partial charge in [0.05, 0.1) is 18.2 Å². The third-order valence-corrected chi connectivity index (χ3v) is 4.66. The minimum absolute atomic E-state index is 0.117. The van der Waals surface area contributed by atoms with Gasteiger partial charge in [0.15, 0.2) is 11.4 Å². The number of hydrogen-bond donors (Lipinski definition) is 3. The number of rotatable bonds is 6. The molecule has 1 aromatic heterocycles. The van der Waals surface area contributed by atoms with E-state index in [4.69, 9.17) is 4.74 Å². The zero-order valence-corrected chi connectivity index (χ0v) is 16.5. The third kappa shape index (κ3) is 4.22. The van der Waals surface area contributed by atoms with Crippen molar-refractivity contribution in [3.05, 3.63) is 41.6 Å². The van der Waals surface area contributed by atoms with Crippen LogP contribution in [0.15, 0.2) is 30.3 Å². The standard InChI is InChI=1S/C20H23N3O4S/c1-2-10-27-17-8-7-15(22-18(17)19(24)25)14-6-5-13-4-3-9-23(16(13)11-14)20(26)21-12-28/h5-8,11,28H,2-4,9-10,12H2,1H3,(H,21,26)(H,24,25). The van der Waals surface area contributed by atoms with Crippen molar-refractivity contribution in [1.29, 1.82) is 0 Å². The van der Waals surface area contributed by atoms with E-state index in [0.29, 0.717) is 18.8 Å². The minimum Gasteiger partial charge on any atom is -0.491 e. The van der Waals surface area contributed by atoms with E-state index >= 15 is 0 Å². The molecule has 2 aromatic rings. The highest BCUT2D eigenvalue weighted by Gasteiger charge is 2.23. The Morgan fingerprint density at radius 3 is 2.86 bits per heavy atom. The Balaban J connectivity index is 1.98. The molecule has 0 saturated heterocycles. The lowest BCUT2D eigenvalue weighted by Gasteiger charge is -2.30. The molecule has 0 aliphatic carbocycles. The monoisotopic (exact) mass is 401 g/mol. The van der Waals surface area contributed by atoms with Crippen LogP contribution in [-0.4, -0.2) is 41.1 Å². The number of carbonyl (C=O) groups excluding carboxylic acids is 1. The quantitative estimate of drug-likeness (QED) is 0.508. The summed E-state index contributed by atoms with van der Waals surface area (Å²) in [5.74, 6) is -0.626. The van der Waals surface area contributed by atoms with Gasteiger partial charge in [0.25, 0.3) is 0 Å². The van der Waals surface area contributed by atoms with E-state index in [0.717, 1.165) is 36.1 Å². The lowest BCUT2D eigenvalue weighted by molar-refractivity contribution is 0.0685. The smallest absolute Gasteiger partial charge is 0.358 e. The number of amides is 2. The Morgan fingerprint density at radius 2 is 2.14 bits per heavy atom. The van der Waals surface area contributed by atoms with Crippen LogP contribution in [0.3, 0.4) is 0 Å². The molecule has 0 fully saturated rings. The van der Waals surface area contributed by atoms with E-state index < -0.39 is 5.97 Å². The van der Waals surface area contributed by atoms with Crippen LogP contribution in [0, 0.1) is 0 Å². The van der Waals surface area contributed by atoms with Crippen molar-refractivity contribution < 1.29 is 19.4 Å². The second-order valence-electron chi connectivity index (χ2n) is 6.44. The number of nitrogens with zero attached hydrogens (tertiary/aromatic N) is 2. The maximum absolute atomic E-state index is 12.4. The van der Waals surface area contributed by atoms with Gasteiger partial charge in [-0.15, -0.1) is 0 Å². The topological polar surface area (TPSA) is 91.8 Å². The van der Waals surface area contributed by atoms with Crippen LogP contribution < -0.4 is 15.0 Å². The average Bonchev–Trinajstić information content (AvgIpc) is 2.71. The Bertz CT molecular complexity index is 888. The highest BCUT2D eigenvalue weighted by atomic mass is 32.1. The number of carboxylic acids is 1. The number of thiol groups is 1. The molecule has 0 spiro atoms. The molecule has 2 amide bonds. The molecule has 0 radical (unpaired) electrons. The lowest BCUT2D eigenvalue weighted by Crippen LogP contribution is -2.42. The molecule has 28 heavy (non-hydrogen) atoms. The number of aryl methyl sites for hydroxylation is 1. The van der Waals surface area contributed by atoms with Crippen LogP contribution in [0.2, 0.25) is 0 Å². The van der Waals surface area contributed by atoms with Gasteiger partial charge in [-0.1, -0.05) is 19.1 Å². The fourth-order valence-corrected chi connectivity index (χ4v) is 3.33. The number of urea groups is 1. The predicted octanol–water partition coefficient (Wildman–Crippen LogP) is 3.59. The van der Waals surface area contributed by atoms with Crippen LogP contribution in [0.1, 0.15) is 35.8 Å². The largest absolute Gasteiger partial charge is 0.491 e. The molecule has 2 heterocycles. The molecule has 0 saturated carbocycles. The number of aromatic nitrogens is 1. The highest BCUT2D eigenvalue weighted by Crippen LogP contribution is 2.32. The number of ether oxygens (including phenoxy) is 1. The van der Waals surface area contributed by atoms with Crippen molar-refractivity contribution in [1.82, 2.24) is 10.3 Å². The minimum atomic E-state index is -1.14. The van der Waals surface area contributed by atoms with E-state index in [1.807, 2.05) is 25.1 Å². The number of carbonyl (C=O) groups is 2. The molecule has 0 atom stereocenters. The van der Waals surface area contributed by atoms with Crippen molar-refractivity contribution in [3.63, 3.8) is 0 Å². The first-order chi connectivity index (χ1) is 13.5. The summed E-state index contributed by atoms with van der Waals surface area (Å²) in [5, 5.41) is 12.2. The van der Waals surface area contributed by atoms with E-state index in [-0.39, 0.29) is 23.4 Å². The van der Waals surface area contributed by atoms with Crippen molar-refractivity contribution >= 4 is 30.3 Å². The van der Waals surface area contributed by atoms with Gasteiger partial charge in [0.2, 0.25) is 0 Å². The number of pyridine rings is 1. The normalized spacial score (nSPS) is 13.0. The summed E-state index contributed by atoms with van der Waals surface area (Å²) in [6.07, 6.45) is 2.55. The molecule has 1 aliphatic rings. The molecular weight excluding hydrogens is 378 g/mol. The lowest BCUT2D eigenvalue weighted by atomic mass is 9.98. The SMILES string of the molecule is CCCOc1ccc(-c2ccc3c(c2)N(C(=O)NCS)CCC3)nc1C(=O)O. The fraction of sp³-hybridized carbons (Fsp3) is 0.350. The number of carboxylic acid groups (broad SMARTS) is 1. The Hall–Kier alpha value is -2.74. The number of nitrogens with one attached hydrogen (secondary N) is 1. The first-order valence-electron chi connectivity index (χ1n) is 9.21. The summed E-state index contributed by atoms with van der Waals surface area (Å²) in [7, 11) is 0. The second-order valence-corrected chi connectivity index (χ2v) is 6.75. The van der Waals surface area contributed by atoms with Gasteiger partial charge < -0.3 is 15.2 Å². The molecule has 1 aromatic carbocycles. The van der Waals surface area contributed by atoms with E-state index in [2.05, 4.69) is 22.9 Å². The van der Waals surface area contributed by atoms with Crippen molar-refractivity contribution in [3.8, 4) is 17.0 Å². The zero-order chi connectivity index (χ0) is 20.1. The van der Waals surface area contributed by atoms with Gasteiger partial charge in [0.1, 0.15) is 0 Å². The molecule has 3 rings (SSSR count). The first kappa shape index (κ1) is 20.0. The number of anilines is 1. The van der Waals surface area contributed by atoms with Crippen LogP contribution in [0.5, 0.6) is 5.75 Å². The number of aromatic carboxylic acids is 1. The number of benzene rings is 1. The summed E-state index contributed by atoms with van der Waals surface area (Å²) in [6.45, 7) is 2.99. The molecule has 8 heteroatoms. The van der Waals surface area contributed by atoms with Crippen molar-refractivity contribution in [2.24, 2.45) is 0 Å². The maximum atomic E-state index is 12.4. The van der Waals surface area contributed by atoms with Gasteiger partial charge in [-0.3, -0.25) is 4.90 Å². The van der Waals surface area contributed by atoms with Crippen LogP contribution in [-0.2, 0) is 6.42 Å². The third-order valence-electron chi connectivity index (χ3n) is 4.50. The average molecular weight is 401 g/mol. The Labute approximate surface area is 169 Å². The molecular formula is C20H23N3O4S. The van der Waals surface area contributed by atoms with Crippen molar-refractivity contribution in [2.45, 2.75) is 26.2 Å². The molecule has 1 aliphatic heterocycles. The molecule has 0 unspecified atom stereocenters. The van der Waals surface area contributed by atoms with E-state index in [1.54, 1.807) is 17.0 Å².